The lowest BCUT2D eigenvalue weighted by atomic mass is 9.79. The summed E-state index contributed by atoms with van der Waals surface area (Å²) in [5.74, 6) is 2.82. The zero-order valence-electron chi connectivity index (χ0n) is 11.4. The fraction of sp³-hybridized carbons (Fsp3) is 0.562. The Morgan fingerprint density at radius 1 is 1.33 bits per heavy atom. The van der Waals surface area contributed by atoms with Crippen LogP contribution >= 0.6 is 0 Å². The van der Waals surface area contributed by atoms with E-state index >= 15 is 0 Å². The van der Waals surface area contributed by atoms with Gasteiger partial charge in [-0.25, -0.2) is 4.39 Å². The van der Waals surface area contributed by atoms with Crippen LogP contribution in [0.25, 0.3) is 0 Å². The molecule has 1 atom stereocenters. The van der Waals surface area contributed by atoms with E-state index in [2.05, 4.69) is 12.8 Å². The monoisotopic (exact) mass is 250 g/mol. The van der Waals surface area contributed by atoms with Crippen molar-refractivity contribution in [1.82, 2.24) is 0 Å². The first-order chi connectivity index (χ1) is 8.64. The Morgan fingerprint density at radius 3 is 2.56 bits per heavy atom. The third kappa shape index (κ3) is 6.39. The molecule has 1 unspecified atom stereocenters. The van der Waals surface area contributed by atoms with Crippen LogP contribution in [0.5, 0.6) is 0 Å². The molecule has 0 saturated heterocycles. The maximum absolute atomic E-state index is 12.2. The Hall–Kier alpha value is -1.36. The highest BCUT2D eigenvalue weighted by molar-refractivity contribution is 5.80. The number of allylic oxidation sites excluding steroid dienone is 3. The van der Waals surface area contributed by atoms with Gasteiger partial charge in [0.2, 0.25) is 0 Å². The molecule has 100 valence electrons. The molecular formula is C16H23FO. The fourth-order valence-corrected chi connectivity index (χ4v) is 1.81. The van der Waals surface area contributed by atoms with E-state index in [0.717, 1.165) is 19.3 Å². The number of carbonyl (C=O) groups excluding carboxylic acids is 1. The Bertz CT molecular complexity index is 335. The van der Waals surface area contributed by atoms with Crippen LogP contribution in [0.2, 0.25) is 0 Å². The number of hydrogen-bond donors (Lipinski definition) is 0. The molecule has 0 aliphatic rings. The topological polar surface area (TPSA) is 17.1 Å². The van der Waals surface area contributed by atoms with Crippen molar-refractivity contribution in [1.29, 1.82) is 0 Å². The molecule has 1 nitrogen and oxygen atoms in total. The molecule has 0 bridgehead atoms. The first-order valence-electron chi connectivity index (χ1n) is 6.56. The minimum Gasteiger partial charge on any atom is -0.300 e. The van der Waals surface area contributed by atoms with Crippen molar-refractivity contribution >= 4 is 5.78 Å². The average Bonchev–Trinajstić information content (AvgIpc) is 2.36. The van der Waals surface area contributed by atoms with E-state index in [4.69, 9.17) is 6.42 Å². The lowest BCUT2D eigenvalue weighted by Crippen LogP contribution is -2.20. The highest BCUT2D eigenvalue weighted by atomic mass is 19.1. The summed E-state index contributed by atoms with van der Waals surface area (Å²) < 4.78 is 12.2. The second kappa shape index (κ2) is 9.65. The molecule has 0 spiro atoms. The summed E-state index contributed by atoms with van der Waals surface area (Å²) in [5.41, 5.74) is -0.663. The molecule has 0 aliphatic carbocycles. The summed E-state index contributed by atoms with van der Waals surface area (Å²) in [7, 11) is 0. The first-order valence-corrected chi connectivity index (χ1v) is 6.56. The van der Waals surface area contributed by atoms with Crippen molar-refractivity contribution in [2.75, 3.05) is 0 Å². The van der Waals surface area contributed by atoms with Gasteiger partial charge in [-0.2, -0.15) is 0 Å². The Balaban J connectivity index is 4.86. The quantitative estimate of drug-likeness (QED) is 0.432. The van der Waals surface area contributed by atoms with Gasteiger partial charge in [0, 0.05) is 12.8 Å². The van der Waals surface area contributed by atoms with Crippen LogP contribution in [0.4, 0.5) is 4.39 Å². The number of terminal acetylenes is 1. The predicted molar refractivity (Wildman–Crippen MR) is 74.7 cm³/mol. The van der Waals surface area contributed by atoms with E-state index < -0.39 is 5.41 Å². The molecule has 2 heteroatoms. The molecule has 0 heterocycles. The highest BCUT2D eigenvalue weighted by Gasteiger charge is 2.26. The van der Waals surface area contributed by atoms with E-state index in [-0.39, 0.29) is 5.78 Å². The first kappa shape index (κ1) is 16.6. The van der Waals surface area contributed by atoms with Crippen molar-refractivity contribution in [3.05, 3.63) is 24.6 Å². The number of unbranched alkanes of at least 4 members (excludes halogenated alkanes) is 1. The number of hydrogen-bond acceptors (Lipinski definition) is 1. The standard InChI is InChI=1S/C16H23FO/c1-4-7-8-11-16(6-3,12-9-13-17)14-15(18)10-5-2/h3,8-9,11,13H,4-5,7,10,12,14H2,1-2H3/b11-8?,13-9+. The van der Waals surface area contributed by atoms with E-state index in [9.17, 15) is 9.18 Å². The summed E-state index contributed by atoms with van der Waals surface area (Å²) in [4.78, 5) is 11.8. The molecule has 0 aromatic carbocycles. The zero-order valence-corrected chi connectivity index (χ0v) is 11.4. The summed E-state index contributed by atoms with van der Waals surface area (Å²) in [6.07, 6.45) is 15.3. The molecule has 0 aromatic heterocycles. The normalized spacial score (nSPS) is 14.8. The van der Waals surface area contributed by atoms with Crippen LogP contribution in [0.15, 0.2) is 24.6 Å². The maximum atomic E-state index is 12.2. The smallest absolute Gasteiger partial charge is 0.134 e. The minimum atomic E-state index is -0.663. The lowest BCUT2D eigenvalue weighted by Gasteiger charge is -2.22. The number of Topliss-reactive ketones (excluding diaryl/α,β-unsaturated/α-hetero) is 1. The van der Waals surface area contributed by atoms with Gasteiger partial charge in [-0.15, -0.1) is 6.42 Å². The summed E-state index contributed by atoms with van der Waals surface area (Å²) >= 11 is 0. The Morgan fingerprint density at radius 2 is 2.06 bits per heavy atom. The summed E-state index contributed by atoms with van der Waals surface area (Å²) in [5, 5.41) is 0. The van der Waals surface area contributed by atoms with E-state index in [1.165, 1.54) is 6.08 Å². The molecule has 0 aromatic rings. The lowest BCUT2D eigenvalue weighted by molar-refractivity contribution is -0.120. The van der Waals surface area contributed by atoms with Gasteiger partial charge < -0.3 is 0 Å². The van der Waals surface area contributed by atoms with Crippen molar-refractivity contribution in [3.63, 3.8) is 0 Å². The maximum Gasteiger partial charge on any atom is 0.134 e. The largest absolute Gasteiger partial charge is 0.300 e. The van der Waals surface area contributed by atoms with Crippen molar-refractivity contribution < 1.29 is 9.18 Å². The third-order valence-corrected chi connectivity index (χ3v) is 2.79. The van der Waals surface area contributed by atoms with Gasteiger partial charge in [0.05, 0.1) is 11.7 Å². The average molecular weight is 250 g/mol. The van der Waals surface area contributed by atoms with Crippen molar-refractivity contribution in [3.8, 4) is 12.3 Å². The molecule has 0 saturated carbocycles. The van der Waals surface area contributed by atoms with Gasteiger partial charge in [-0.3, -0.25) is 4.79 Å². The minimum absolute atomic E-state index is 0.142. The van der Waals surface area contributed by atoms with Gasteiger partial charge in [-0.05, 0) is 19.3 Å². The molecule has 0 aliphatic heterocycles. The fourth-order valence-electron chi connectivity index (χ4n) is 1.81. The van der Waals surface area contributed by atoms with Crippen molar-refractivity contribution in [2.45, 2.75) is 52.4 Å². The highest BCUT2D eigenvalue weighted by Crippen LogP contribution is 2.30. The van der Waals surface area contributed by atoms with Gasteiger partial charge in [0.1, 0.15) is 5.78 Å². The van der Waals surface area contributed by atoms with Gasteiger partial charge in [0.15, 0.2) is 0 Å². The van der Waals surface area contributed by atoms with Crippen LogP contribution in [0, 0.1) is 17.8 Å². The molecule has 0 amide bonds. The zero-order chi connectivity index (χ0) is 13.9. The Labute approximate surface area is 110 Å². The molecule has 0 N–H and O–H groups in total. The summed E-state index contributed by atoms with van der Waals surface area (Å²) in [6, 6.07) is 0. The van der Waals surface area contributed by atoms with Gasteiger partial charge >= 0.3 is 0 Å². The van der Waals surface area contributed by atoms with Crippen LogP contribution < -0.4 is 0 Å². The van der Waals surface area contributed by atoms with Crippen LogP contribution in [-0.2, 0) is 4.79 Å². The predicted octanol–water partition coefficient (Wildman–Crippen LogP) is 4.59. The van der Waals surface area contributed by atoms with Gasteiger partial charge in [0.25, 0.3) is 0 Å². The third-order valence-electron chi connectivity index (χ3n) is 2.79. The molecule has 0 fully saturated rings. The van der Waals surface area contributed by atoms with E-state index in [1.54, 1.807) is 0 Å². The molecule has 18 heavy (non-hydrogen) atoms. The number of halogens is 1. The van der Waals surface area contributed by atoms with Crippen LogP contribution in [-0.4, -0.2) is 5.78 Å². The van der Waals surface area contributed by atoms with Gasteiger partial charge in [-0.1, -0.05) is 44.4 Å². The SMILES string of the molecule is C#CC(C=CCCC)(C/C=C/F)CC(=O)CCC. The van der Waals surface area contributed by atoms with Crippen molar-refractivity contribution in [2.24, 2.45) is 5.41 Å². The van der Waals surface area contributed by atoms with E-state index in [1.807, 2.05) is 19.1 Å². The number of carbonyl (C=O) groups is 1. The number of ketones is 1. The number of rotatable bonds is 9. The Kier molecular flexibility index (Phi) is 8.92. The summed E-state index contributed by atoms with van der Waals surface area (Å²) in [6.45, 7) is 4.04. The second-order valence-corrected chi connectivity index (χ2v) is 4.52. The van der Waals surface area contributed by atoms with E-state index in [0.29, 0.717) is 25.6 Å². The van der Waals surface area contributed by atoms with Crippen LogP contribution in [0.3, 0.4) is 0 Å². The molecule has 0 radical (unpaired) electrons. The van der Waals surface area contributed by atoms with Crippen LogP contribution in [0.1, 0.15) is 52.4 Å². The molecular weight excluding hydrogens is 227 g/mol. The molecule has 0 rings (SSSR count). The second-order valence-electron chi connectivity index (χ2n) is 4.52.